The van der Waals surface area contributed by atoms with Crippen LogP contribution >= 0.6 is 0 Å². The second-order valence-electron chi connectivity index (χ2n) is 5.08. The molecule has 0 aromatic rings. The smallest absolute Gasteiger partial charge is 0.303 e. The number of carboxylic acid groups (broad SMARTS) is 1. The number of hydrogen-bond donors (Lipinski definition) is 2. The molecule has 19 heavy (non-hydrogen) atoms. The highest BCUT2D eigenvalue weighted by Gasteiger charge is 2.23. The zero-order chi connectivity index (χ0) is 14.1. The predicted molar refractivity (Wildman–Crippen MR) is 71.9 cm³/mol. The number of carbonyl (C=O) groups is 2. The highest BCUT2D eigenvalue weighted by Crippen LogP contribution is 2.22. The van der Waals surface area contributed by atoms with Gasteiger partial charge in [-0.3, -0.25) is 9.59 Å². The molecule has 1 saturated carbocycles. The molecule has 1 unspecified atom stereocenters. The van der Waals surface area contributed by atoms with Gasteiger partial charge in [-0.25, -0.2) is 0 Å². The average Bonchev–Trinajstić information content (AvgIpc) is 2.87. The van der Waals surface area contributed by atoms with Gasteiger partial charge in [0.2, 0.25) is 5.91 Å². The Labute approximate surface area is 114 Å². The number of hydrogen-bond acceptors (Lipinski definition) is 3. The maximum Gasteiger partial charge on any atom is 0.303 e. The molecule has 2 N–H and O–H groups in total. The molecule has 0 aliphatic heterocycles. The van der Waals surface area contributed by atoms with E-state index in [-0.39, 0.29) is 24.5 Å². The molecule has 0 aromatic heterocycles. The molecule has 1 aliphatic carbocycles. The summed E-state index contributed by atoms with van der Waals surface area (Å²) in [5, 5.41) is 11.3. The SMILES string of the molecule is CCC(OC1CCCC1)C(=O)NCCCCC(=O)O. The molecule has 5 nitrogen and oxygen atoms in total. The lowest BCUT2D eigenvalue weighted by atomic mass is 10.2. The fourth-order valence-corrected chi connectivity index (χ4v) is 2.33. The molecule has 0 spiro atoms. The monoisotopic (exact) mass is 271 g/mol. The summed E-state index contributed by atoms with van der Waals surface area (Å²) >= 11 is 0. The number of nitrogens with one attached hydrogen (secondary N) is 1. The molecule has 110 valence electrons. The third-order valence-electron chi connectivity index (χ3n) is 3.44. The normalized spacial score (nSPS) is 17.3. The third-order valence-corrected chi connectivity index (χ3v) is 3.44. The molecule has 1 aliphatic rings. The van der Waals surface area contributed by atoms with Crippen molar-refractivity contribution in [3.8, 4) is 0 Å². The lowest BCUT2D eigenvalue weighted by Crippen LogP contribution is -2.38. The van der Waals surface area contributed by atoms with Crippen LogP contribution in [0.1, 0.15) is 58.3 Å². The minimum Gasteiger partial charge on any atom is -0.481 e. The zero-order valence-electron chi connectivity index (χ0n) is 11.7. The van der Waals surface area contributed by atoms with Gasteiger partial charge in [-0.2, -0.15) is 0 Å². The van der Waals surface area contributed by atoms with E-state index in [1.807, 2.05) is 6.92 Å². The summed E-state index contributed by atoms with van der Waals surface area (Å²) in [6, 6.07) is 0. The van der Waals surface area contributed by atoms with Crippen LogP contribution in [-0.4, -0.2) is 35.7 Å². The van der Waals surface area contributed by atoms with E-state index < -0.39 is 5.97 Å². The summed E-state index contributed by atoms with van der Waals surface area (Å²) in [5.74, 6) is -0.855. The minimum atomic E-state index is -0.790. The van der Waals surface area contributed by atoms with Crippen molar-refractivity contribution in [1.82, 2.24) is 5.32 Å². The summed E-state index contributed by atoms with van der Waals surface area (Å²) in [6.07, 6.45) is 6.50. The van der Waals surface area contributed by atoms with Gasteiger partial charge in [-0.1, -0.05) is 19.8 Å². The van der Waals surface area contributed by atoms with Crippen LogP contribution in [0.5, 0.6) is 0 Å². The fourth-order valence-electron chi connectivity index (χ4n) is 2.33. The van der Waals surface area contributed by atoms with E-state index >= 15 is 0 Å². The topological polar surface area (TPSA) is 75.6 Å². The summed E-state index contributed by atoms with van der Waals surface area (Å²) in [5.41, 5.74) is 0. The molecule has 0 aromatic carbocycles. The van der Waals surface area contributed by atoms with Crippen LogP contribution in [0.25, 0.3) is 0 Å². The van der Waals surface area contributed by atoms with Gasteiger partial charge >= 0.3 is 5.97 Å². The quantitative estimate of drug-likeness (QED) is 0.630. The fraction of sp³-hybridized carbons (Fsp3) is 0.857. The number of carboxylic acids is 1. The zero-order valence-corrected chi connectivity index (χ0v) is 11.7. The predicted octanol–water partition coefficient (Wildman–Crippen LogP) is 2.10. The van der Waals surface area contributed by atoms with Crippen molar-refractivity contribution in [2.45, 2.75) is 70.5 Å². The first-order valence-electron chi connectivity index (χ1n) is 7.28. The second kappa shape index (κ2) is 8.91. The van der Waals surface area contributed by atoms with Crippen LogP contribution in [-0.2, 0) is 14.3 Å². The number of ether oxygens (including phenoxy) is 1. The number of amides is 1. The van der Waals surface area contributed by atoms with Crippen LogP contribution in [0, 0.1) is 0 Å². The van der Waals surface area contributed by atoms with Gasteiger partial charge in [0.25, 0.3) is 0 Å². The Morgan fingerprint density at radius 2 is 2.00 bits per heavy atom. The van der Waals surface area contributed by atoms with E-state index in [4.69, 9.17) is 9.84 Å². The van der Waals surface area contributed by atoms with Gasteiger partial charge in [0, 0.05) is 13.0 Å². The lowest BCUT2D eigenvalue weighted by molar-refractivity contribution is -0.137. The number of carbonyl (C=O) groups excluding carboxylic acids is 1. The highest BCUT2D eigenvalue weighted by molar-refractivity contribution is 5.80. The lowest BCUT2D eigenvalue weighted by Gasteiger charge is -2.20. The first kappa shape index (κ1) is 16.0. The standard InChI is InChI=1S/C14H25NO4/c1-2-12(19-11-7-3-4-8-11)14(18)15-10-6-5-9-13(16)17/h11-12H,2-10H2,1H3,(H,15,18)(H,16,17). The van der Waals surface area contributed by atoms with E-state index in [1.54, 1.807) is 0 Å². The van der Waals surface area contributed by atoms with Gasteiger partial charge in [0.1, 0.15) is 6.10 Å². The number of rotatable bonds is 9. The van der Waals surface area contributed by atoms with Crippen molar-refractivity contribution in [1.29, 1.82) is 0 Å². The maximum absolute atomic E-state index is 11.9. The van der Waals surface area contributed by atoms with Crippen molar-refractivity contribution in [3.63, 3.8) is 0 Å². The van der Waals surface area contributed by atoms with Crippen molar-refractivity contribution in [3.05, 3.63) is 0 Å². The summed E-state index contributed by atoms with van der Waals surface area (Å²) in [6.45, 7) is 2.47. The average molecular weight is 271 g/mol. The Bertz CT molecular complexity index is 287. The number of unbranched alkanes of at least 4 members (excludes halogenated alkanes) is 1. The van der Waals surface area contributed by atoms with Gasteiger partial charge in [0.15, 0.2) is 0 Å². The molecule has 1 amide bonds. The van der Waals surface area contributed by atoms with E-state index in [1.165, 1.54) is 12.8 Å². The Balaban J connectivity index is 2.15. The second-order valence-corrected chi connectivity index (χ2v) is 5.08. The van der Waals surface area contributed by atoms with Crippen molar-refractivity contribution < 1.29 is 19.4 Å². The van der Waals surface area contributed by atoms with Crippen LogP contribution in [0.2, 0.25) is 0 Å². The maximum atomic E-state index is 11.9. The first-order chi connectivity index (χ1) is 9.13. The summed E-state index contributed by atoms with van der Waals surface area (Å²) < 4.78 is 5.81. The summed E-state index contributed by atoms with van der Waals surface area (Å²) in [7, 11) is 0. The molecule has 0 bridgehead atoms. The Morgan fingerprint density at radius 1 is 1.32 bits per heavy atom. The third kappa shape index (κ3) is 6.57. The van der Waals surface area contributed by atoms with Gasteiger partial charge < -0.3 is 15.2 Å². The van der Waals surface area contributed by atoms with Crippen LogP contribution in [0.3, 0.4) is 0 Å². The summed E-state index contributed by atoms with van der Waals surface area (Å²) in [4.78, 5) is 22.2. The van der Waals surface area contributed by atoms with Crippen molar-refractivity contribution in [2.75, 3.05) is 6.54 Å². The Kier molecular flexibility index (Phi) is 7.48. The van der Waals surface area contributed by atoms with Crippen molar-refractivity contribution >= 4 is 11.9 Å². The molecular formula is C14H25NO4. The molecular weight excluding hydrogens is 246 g/mol. The molecule has 5 heteroatoms. The van der Waals surface area contributed by atoms with E-state index in [0.29, 0.717) is 25.8 Å². The largest absolute Gasteiger partial charge is 0.481 e. The van der Waals surface area contributed by atoms with E-state index in [0.717, 1.165) is 12.8 Å². The molecule has 0 radical (unpaired) electrons. The Morgan fingerprint density at radius 3 is 2.58 bits per heavy atom. The molecule has 0 saturated heterocycles. The van der Waals surface area contributed by atoms with E-state index in [2.05, 4.69) is 5.32 Å². The molecule has 1 fully saturated rings. The van der Waals surface area contributed by atoms with Crippen molar-refractivity contribution in [2.24, 2.45) is 0 Å². The van der Waals surface area contributed by atoms with Crippen LogP contribution in [0.15, 0.2) is 0 Å². The Hall–Kier alpha value is -1.10. The molecule has 1 rings (SSSR count). The van der Waals surface area contributed by atoms with Gasteiger partial charge in [-0.15, -0.1) is 0 Å². The van der Waals surface area contributed by atoms with Crippen LogP contribution in [0.4, 0.5) is 0 Å². The molecule has 0 heterocycles. The van der Waals surface area contributed by atoms with E-state index in [9.17, 15) is 9.59 Å². The number of aliphatic carboxylic acids is 1. The molecule has 1 atom stereocenters. The first-order valence-corrected chi connectivity index (χ1v) is 7.28. The van der Waals surface area contributed by atoms with Gasteiger partial charge in [0.05, 0.1) is 6.10 Å². The minimum absolute atomic E-state index is 0.0651. The van der Waals surface area contributed by atoms with Crippen LogP contribution < -0.4 is 5.32 Å². The highest BCUT2D eigenvalue weighted by atomic mass is 16.5. The van der Waals surface area contributed by atoms with Gasteiger partial charge in [-0.05, 0) is 32.1 Å².